The van der Waals surface area contributed by atoms with E-state index in [4.69, 9.17) is 19.2 Å². The number of methoxy groups -OCH3 is 3. The molecule has 0 atom stereocenters. The lowest BCUT2D eigenvalue weighted by Crippen LogP contribution is -2.52. The van der Waals surface area contributed by atoms with Gasteiger partial charge in [0.15, 0.2) is 17.3 Å². The van der Waals surface area contributed by atoms with Gasteiger partial charge >= 0.3 is 0 Å². The third-order valence-electron chi connectivity index (χ3n) is 7.58. The largest absolute Gasteiger partial charge is 0.493 e. The average Bonchev–Trinajstić information content (AvgIpc) is 3.45. The van der Waals surface area contributed by atoms with Gasteiger partial charge in [0.25, 0.3) is 5.91 Å². The van der Waals surface area contributed by atoms with Crippen LogP contribution >= 0.6 is 15.9 Å². The van der Waals surface area contributed by atoms with Crippen LogP contribution in [0.5, 0.6) is 17.4 Å². The Hall–Kier alpha value is -3.96. The number of imidazole rings is 1. The highest BCUT2D eigenvalue weighted by molar-refractivity contribution is 9.10. The number of ether oxygens (including phenoxy) is 3. The molecule has 5 rings (SSSR count). The number of H-pyrrole nitrogens is 1. The van der Waals surface area contributed by atoms with Crippen molar-refractivity contribution in [2.24, 2.45) is 0 Å². The van der Waals surface area contributed by atoms with Crippen LogP contribution < -0.4 is 19.5 Å². The Kier molecular flexibility index (Phi) is 8.51. The molecule has 0 radical (unpaired) electrons. The molecule has 0 bridgehead atoms. The lowest BCUT2D eigenvalue weighted by molar-refractivity contribution is -0.134. The summed E-state index contributed by atoms with van der Waals surface area (Å²) in [5, 5.41) is 3.42. The lowest BCUT2D eigenvalue weighted by Gasteiger charge is -2.37. The van der Waals surface area contributed by atoms with Gasteiger partial charge in [0, 0.05) is 17.1 Å². The molecule has 220 valence electrons. The molecule has 0 saturated carbocycles. The lowest BCUT2D eigenvalue weighted by atomic mass is 9.76. The molecule has 1 aliphatic rings. The fourth-order valence-electron chi connectivity index (χ4n) is 5.26. The zero-order valence-electron chi connectivity index (χ0n) is 24.3. The van der Waals surface area contributed by atoms with Crippen LogP contribution in [-0.2, 0) is 16.6 Å². The average molecular weight is 637 g/mol. The minimum atomic E-state index is -0.902. The molecule has 10 nitrogen and oxygen atoms in total. The number of hydrogen-bond acceptors (Lipinski definition) is 8. The van der Waals surface area contributed by atoms with Crippen molar-refractivity contribution in [3.05, 3.63) is 63.6 Å². The number of pyridine rings is 1. The highest BCUT2D eigenvalue weighted by atomic mass is 79.9. The molecule has 3 heterocycles. The van der Waals surface area contributed by atoms with Crippen LogP contribution in [0.2, 0.25) is 0 Å². The van der Waals surface area contributed by atoms with E-state index in [-0.39, 0.29) is 11.8 Å². The molecule has 4 aromatic rings. The van der Waals surface area contributed by atoms with Crippen molar-refractivity contribution in [3.8, 4) is 28.9 Å². The maximum Gasteiger partial charge on any atom is 0.262 e. The molecular formula is C31H34BrN5O5. The van der Waals surface area contributed by atoms with Crippen LogP contribution in [-0.4, -0.2) is 72.6 Å². The van der Waals surface area contributed by atoms with Crippen LogP contribution in [0.4, 0.5) is 0 Å². The van der Waals surface area contributed by atoms with Crippen molar-refractivity contribution in [1.29, 1.82) is 0 Å². The number of aromatic amines is 1. The van der Waals surface area contributed by atoms with Gasteiger partial charge < -0.3 is 24.5 Å². The second-order valence-electron chi connectivity index (χ2n) is 10.6. The minimum Gasteiger partial charge on any atom is -0.493 e. The van der Waals surface area contributed by atoms with Crippen LogP contribution in [0, 0.1) is 0 Å². The first-order valence-electron chi connectivity index (χ1n) is 13.7. The Morgan fingerprint density at radius 3 is 2.50 bits per heavy atom. The van der Waals surface area contributed by atoms with E-state index >= 15 is 0 Å². The van der Waals surface area contributed by atoms with E-state index in [0.717, 1.165) is 18.5 Å². The molecule has 0 aliphatic carbocycles. The maximum absolute atomic E-state index is 13.9. The van der Waals surface area contributed by atoms with Gasteiger partial charge in [-0.3, -0.25) is 14.5 Å². The fraction of sp³-hybridized carbons (Fsp3) is 0.355. The predicted molar refractivity (Wildman–Crippen MR) is 163 cm³/mol. The number of benzene rings is 2. The Balaban J connectivity index is 1.31. The van der Waals surface area contributed by atoms with Gasteiger partial charge in [0.05, 0.1) is 37.8 Å². The Morgan fingerprint density at radius 1 is 0.976 bits per heavy atom. The van der Waals surface area contributed by atoms with E-state index in [1.54, 1.807) is 27.4 Å². The number of imide groups is 1. The first-order chi connectivity index (χ1) is 20.2. The number of halogens is 1. The van der Waals surface area contributed by atoms with Gasteiger partial charge in [-0.25, -0.2) is 9.97 Å². The highest BCUT2D eigenvalue weighted by Gasteiger charge is 2.45. The van der Waals surface area contributed by atoms with Crippen molar-refractivity contribution >= 4 is 38.8 Å². The SMILES string of the molecule is COc1cccc(-c2nc3c(Br)cc4c(c3[nH]2)C(=O)N(CCCNCCc2ccc(OC)c(OC)c2)C(=O)C4(C)C)n1. The third kappa shape index (κ3) is 5.46. The van der Waals surface area contributed by atoms with E-state index in [1.807, 2.05) is 50.2 Å². The Morgan fingerprint density at radius 2 is 1.76 bits per heavy atom. The molecule has 0 saturated heterocycles. The number of nitrogens with one attached hydrogen (secondary N) is 2. The Labute approximate surface area is 252 Å². The van der Waals surface area contributed by atoms with Crippen molar-refractivity contribution < 1.29 is 23.8 Å². The summed E-state index contributed by atoms with van der Waals surface area (Å²) in [6.45, 7) is 5.42. The first kappa shape index (κ1) is 29.5. The second kappa shape index (κ2) is 12.1. The third-order valence-corrected chi connectivity index (χ3v) is 8.19. The molecule has 2 aromatic carbocycles. The van der Waals surface area contributed by atoms with E-state index in [9.17, 15) is 9.59 Å². The molecule has 42 heavy (non-hydrogen) atoms. The number of aromatic nitrogens is 3. The zero-order valence-corrected chi connectivity index (χ0v) is 25.9. The standard InChI is InChI=1S/C31H34BrN5O5/c1-31(2)19-17-20(32)26-27(36-28(35-26)21-8-6-9-24(34-21)42-5)25(19)29(38)37(30(31)39)15-7-13-33-14-12-18-10-11-22(40-3)23(16-18)41-4/h6,8-11,16-17,33H,7,12-15H2,1-5H3,(H,35,36). The van der Waals surface area contributed by atoms with Gasteiger partial charge in [-0.1, -0.05) is 12.1 Å². The van der Waals surface area contributed by atoms with Crippen LogP contribution in [0.3, 0.4) is 0 Å². The van der Waals surface area contributed by atoms with E-state index < -0.39 is 5.41 Å². The van der Waals surface area contributed by atoms with E-state index in [2.05, 4.69) is 31.2 Å². The summed E-state index contributed by atoms with van der Waals surface area (Å²) in [7, 11) is 4.79. The van der Waals surface area contributed by atoms with Crippen molar-refractivity contribution in [3.63, 3.8) is 0 Å². The van der Waals surface area contributed by atoms with Crippen LogP contribution in [0.15, 0.2) is 46.9 Å². The monoisotopic (exact) mass is 635 g/mol. The summed E-state index contributed by atoms with van der Waals surface area (Å²) in [5.41, 5.74) is 3.10. The topological polar surface area (TPSA) is 119 Å². The van der Waals surface area contributed by atoms with Gasteiger partial charge in [-0.05, 0) is 91.1 Å². The van der Waals surface area contributed by atoms with Gasteiger partial charge in [-0.2, -0.15) is 0 Å². The molecule has 2 aromatic heterocycles. The van der Waals surface area contributed by atoms with Crippen LogP contribution in [0.1, 0.15) is 41.8 Å². The number of hydrogen-bond donors (Lipinski definition) is 2. The van der Waals surface area contributed by atoms with Gasteiger partial charge in [-0.15, -0.1) is 0 Å². The van der Waals surface area contributed by atoms with E-state index in [1.165, 1.54) is 4.90 Å². The molecular weight excluding hydrogens is 602 g/mol. The van der Waals surface area contributed by atoms with Crippen LogP contribution in [0.25, 0.3) is 22.6 Å². The fourth-order valence-corrected chi connectivity index (χ4v) is 5.78. The molecule has 0 spiro atoms. The number of rotatable bonds is 11. The van der Waals surface area contributed by atoms with Crippen molar-refractivity contribution in [2.75, 3.05) is 41.0 Å². The molecule has 2 N–H and O–H groups in total. The molecule has 1 aliphatic heterocycles. The van der Waals surface area contributed by atoms with Crippen molar-refractivity contribution in [1.82, 2.24) is 25.2 Å². The smallest absolute Gasteiger partial charge is 0.262 e. The van der Waals surface area contributed by atoms with Gasteiger partial charge in [0.1, 0.15) is 11.2 Å². The summed E-state index contributed by atoms with van der Waals surface area (Å²) in [6, 6.07) is 13.1. The zero-order chi connectivity index (χ0) is 30.0. The summed E-state index contributed by atoms with van der Waals surface area (Å²) in [5.74, 6) is 1.82. The quantitative estimate of drug-likeness (QED) is 0.177. The van der Waals surface area contributed by atoms with E-state index in [0.29, 0.717) is 75.0 Å². The predicted octanol–water partition coefficient (Wildman–Crippen LogP) is 4.90. The number of nitrogens with zero attached hydrogens (tertiary/aromatic N) is 3. The minimum absolute atomic E-state index is 0.217. The van der Waals surface area contributed by atoms with Gasteiger partial charge in [0.2, 0.25) is 11.8 Å². The summed E-state index contributed by atoms with van der Waals surface area (Å²) in [6.07, 6.45) is 1.43. The highest BCUT2D eigenvalue weighted by Crippen LogP contribution is 2.41. The summed E-state index contributed by atoms with van der Waals surface area (Å²) in [4.78, 5) is 41.3. The number of amides is 2. The number of carbonyl (C=O) groups excluding carboxylic acids is 2. The molecule has 0 unspecified atom stereocenters. The first-order valence-corrected chi connectivity index (χ1v) is 14.5. The second-order valence-corrected chi connectivity index (χ2v) is 11.4. The number of carbonyl (C=O) groups is 2. The molecule has 2 amide bonds. The molecule has 11 heteroatoms. The molecule has 0 fully saturated rings. The normalized spacial score (nSPS) is 14.3. The summed E-state index contributed by atoms with van der Waals surface area (Å²) < 4.78 is 16.6. The Bertz CT molecular complexity index is 1650. The number of fused-ring (bicyclic) bond motifs is 3. The van der Waals surface area contributed by atoms with Crippen molar-refractivity contribution in [2.45, 2.75) is 32.1 Å². The summed E-state index contributed by atoms with van der Waals surface area (Å²) >= 11 is 3.61. The maximum atomic E-state index is 13.9.